The highest BCUT2D eigenvalue weighted by atomic mass is 32.2. The average molecular weight is 244 g/mol. The van der Waals surface area contributed by atoms with Crippen LogP contribution in [0.3, 0.4) is 0 Å². The number of carbonyl (C=O) groups excluding carboxylic acids is 4. The summed E-state index contributed by atoms with van der Waals surface area (Å²) in [6, 6.07) is 0. The second kappa shape index (κ2) is 5.64. The second-order valence-corrected chi connectivity index (χ2v) is 4.50. The third-order valence-corrected chi connectivity index (χ3v) is 3.32. The summed E-state index contributed by atoms with van der Waals surface area (Å²) in [7, 11) is 0. The fourth-order valence-electron chi connectivity index (χ4n) is 1.38. The van der Waals surface area contributed by atoms with E-state index in [0.717, 1.165) is 16.7 Å². The van der Waals surface area contributed by atoms with Gasteiger partial charge in [0.25, 0.3) is 0 Å². The minimum atomic E-state index is -0.536. The van der Waals surface area contributed by atoms with Crippen LogP contribution in [0.25, 0.3) is 0 Å². The third kappa shape index (κ3) is 3.06. The first-order valence-corrected chi connectivity index (χ1v) is 5.79. The number of aldehydes is 1. The number of imide groups is 1. The average Bonchev–Trinajstić information content (AvgIpc) is 2.49. The van der Waals surface area contributed by atoms with Gasteiger partial charge in [0, 0.05) is 19.4 Å². The molecule has 0 aromatic rings. The van der Waals surface area contributed by atoms with Gasteiger partial charge in [0.1, 0.15) is 6.29 Å². The zero-order chi connectivity index (χ0) is 12.1. The van der Waals surface area contributed by atoms with Gasteiger partial charge in [0.15, 0.2) is 0 Å². The lowest BCUT2D eigenvalue weighted by Crippen LogP contribution is -2.32. The Balaban J connectivity index is 2.52. The molecule has 2 N–H and O–H groups in total. The van der Waals surface area contributed by atoms with Gasteiger partial charge in [0.2, 0.25) is 17.7 Å². The molecule has 1 aliphatic heterocycles. The minimum Gasteiger partial charge on any atom is -0.369 e. The molecule has 0 aliphatic carbocycles. The first-order chi connectivity index (χ1) is 7.56. The van der Waals surface area contributed by atoms with Crippen molar-refractivity contribution in [2.75, 3.05) is 12.3 Å². The van der Waals surface area contributed by atoms with Gasteiger partial charge in [-0.3, -0.25) is 19.3 Å². The van der Waals surface area contributed by atoms with Gasteiger partial charge in [0.05, 0.1) is 11.0 Å². The molecule has 1 fully saturated rings. The topological polar surface area (TPSA) is 97.5 Å². The van der Waals surface area contributed by atoms with Crippen molar-refractivity contribution in [2.45, 2.75) is 18.1 Å². The molecule has 0 aromatic carbocycles. The van der Waals surface area contributed by atoms with Gasteiger partial charge in [-0.2, -0.15) is 0 Å². The zero-order valence-electron chi connectivity index (χ0n) is 8.55. The van der Waals surface area contributed by atoms with Crippen molar-refractivity contribution in [1.29, 1.82) is 0 Å². The first kappa shape index (κ1) is 12.7. The number of amides is 3. The molecular formula is C9H12N2O4S. The number of hydrogen-bond donors (Lipinski definition) is 1. The van der Waals surface area contributed by atoms with Crippen molar-refractivity contribution < 1.29 is 19.2 Å². The van der Waals surface area contributed by atoms with Crippen LogP contribution in [0.5, 0.6) is 0 Å². The zero-order valence-corrected chi connectivity index (χ0v) is 9.37. The highest BCUT2D eigenvalue weighted by Gasteiger charge is 2.38. The molecule has 1 rings (SSSR count). The van der Waals surface area contributed by atoms with E-state index in [9.17, 15) is 19.2 Å². The number of thioether (sulfide) groups is 1. The van der Waals surface area contributed by atoms with E-state index >= 15 is 0 Å². The van der Waals surface area contributed by atoms with Crippen LogP contribution in [0.2, 0.25) is 0 Å². The SMILES string of the molecule is NC(=O)CSC1CC(=O)N(CCC=O)C1=O. The maximum absolute atomic E-state index is 11.7. The lowest BCUT2D eigenvalue weighted by molar-refractivity contribution is -0.138. The molecule has 16 heavy (non-hydrogen) atoms. The summed E-state index contributed by atoms with van der Waals surface area (Å²) in [6.07, 6.45) is 0.880. The standard InChI is InChI=1S/C9H12N2O4S/c10-7(13)5-16-6-4-8(14)11(9(6)15)2-1-3-12/h3,6H,1-2,4-5H2,(H2,10,13). The van der Waals surface area contributed by atoms with E-state index in [2.05, 4.69) is 0 Å². The number of nitrogens with two attached hydrogens (primary N) is 1. The van der Waals surface area contributed by atoms with E-state index in [-0.39, 0.29) is 37.0 Å². The molecule has 0 aromatic heterocycles. The number of rotatable bonds is 6. The second-order valence-electron chi connectivity index (χ2n) is 3.31. The lowest BCUT2D eigenvalue weighted by atomic mass is 10.4. The molecule has 88 valence electrons. The van der Waals surface area contributed by atoms with Gasteiger partial charge in [-0.05, 0) is 0 Å². The van der Waals surface area contributed by atoms with Crippen LogP contribution in [0.1, 0.15) is 12.8 Å². The van der Waals surface area contributed by atoms with Crippen LogP contribution in [0, 0.1) is 0 Å². The molecule has 1 unspecified atom stereocenters. The molecule has 0 saturated carbocycles. The van der Waals surface area contributed by atoms with Crippen molar-refractivity contribution in [3.8, 4) is 0 Å². The Morgan fingerprint density at radius 3 is 2.81 bits per heavy atom. The van der Waals surface area contributed by atoms with Gasteiger partial charge >= 0.3 is 0 Å². The van der Waals surface area contributed by atoms with E-state index in [0.29, 0.717) is 6.29 Å². The van der Waals surface area contributed by atoms with Gasteiger partial charge in [-0.15, -0.1) is 11.8 Å². The van der Waals surface area contributed by atoms with Crippen LogP contribution < -0.4 is 5.73 Å². The van der Waals surface area contributed by atoms with Crippen LogP contribution in [-0.4, -0.2) is 46.5 Å². The molecular weight excluding hydrogens is 232 g/mol. The predicted molar refractivity (Wildman–Crippen MR) is 57.5 cm³/mol. The van der Waals surface area contributed by atoms with Crippen LogP contribution in [0.15, 0.2) is 0 Å². The van der Waals surface area contributed by atoms with E-state index in [1.807, 2.05) is 0 Å². The Morgan fingerprint density at radius 2 is 2.25 bits per heavy atom. The van der Waals surface area contributed by atoms with E-state index < -0.39 is 11.2 Å². The maximum atomic E-state index is 11.7. The van der Waals surface area contributed by atoms with Crippen LogP contribution >= 0.6 is 11.8 Å². The summed E-state index contributed by atoms with van der Waals surface area (Å²) in [5.41, 5.74) is 4.95. The fraction of sp³-hybridized carbons (Fsp3) is 0.556. The number of nitrogens with zero attached hydrogens (tertiary/aromatic N) is 1. The number of likely N-dealkylation sites (tertiary alicyclic amines) is 1. The van der Waals surface area contributed by atoms with Gasteiger partial charge in [-0.1, -0.05) is 0 Å². The molecule has 0 radical (unpaired) electrons. The molecule has 0 spiro atoms. The highest BCUT2D eigenvalue weighted by molar-refractivity contribution is 8.01. The molecule has 1 atom stereocenters. The Labute approximate surface area is 96.5 Å². The Morgan fingerprint density at radius 1 is 1.56 bits per heavy atom. The molecule has 1 aliphatic rings. The van der Waals surface area contributed by atoms with E-state index in [1.54, 1.807) is 0 Å². The molecule has 7 heteroatoms. The maximum Gasteiger partial charge on any atom is 0.242 e. The first-order valence-electron chi connectivity index (χ1n) is 4.74. The Kier molecular flexibility index (Phi) is 4.48. The summed E-state index contributed by atoms with van der Waals surface area (Å²) in [5, 5.41) is -0.536. The van der Waals surface area contributed by atoms with Crippen molar-refractivity contribution >= 4 is 35.8 Å². The summed E-state index contributed by atoms with van der Waals surface area (Å²) in [4.78, 5) is 44.8. The molecule has 1 saturated heterocycles. The largest absolute Gasteiger partial charge is 0.369 e. The van der Waals surface area contributed by atoms with Gasteiger partial charge < -0.3 is 10.5 Å². The van der Waals surface area contributed by atoms with E-state index in [4.69, 9.17) is 5.73 Å². The lowest BCUT2D eigenvalue weighted by Gasteiger charge is -2.12. The minimum absolute atomic E-state index is 0.0191. The highest BCUT2D eigenvalue weighted by Crippen LogP contribution is 2.24. The Hall–Kier alpha value is -1.37. The monoisotopic (exact) mass is 244 g/mol. The summed E-state index contributed by atoms with van der Waals surface area (Å²) in [5.74, 6) is -1.13. The van der Waals surface area contributed by atoms with Crippen LogP contribution in [-0.2, 0) is 19.2 Å². The predicted octanol–water partition coefficient (Wildman–Crippen LogP) is -1.08. The molecule has 1 heterocycles. The summed E-state index contributed by atoms with van der Waals surface area (Å²) in [6.45, 7) is 0.120. The smallest absolute Gasteiger partial charge is 0.242 e. The number of hydrogen-bond acceptors (Lipinski definition) is 5. The number of carbonyl (C=O) groups is 4. The van der Waals surface area contributed by atoms with E-state index in [1.165, 1.54) is 0 Å². The molecule has 6 nitrogen and oxygen atoms in total. The Bertz CT molecular complexity index is 331. The molecule has 3 amide bonds. The van der Waals surface area contributed by atoms with Gasteiger partial charge in [-0.25, -0.2) is 0 Å². The van der Waals surface area contributed by atoms with Crippen molar-refractivity contribution in [3.05, 3.63) is 0 Å². The molecule has 0 bridgehead atoms. The summed E-state index contributed by atoms with van der Waals surface area (Å²) >= 11 is 1.07. The fourth-order valence-corrected chi connectivity index (χ4v) is 2.28. The summed E-state index contributed by atoms with van der Waals surface area (Å²) < 4.78 is 0. The normalized spacial score (nSPS) is 20.2. The quantitative estimate of drug-likeness (QED) is 0.473. The van der Waals surface area contributed by atoms with Crippen LogP contribution in [0.4, 0.5) is 0 Å². The van der Waals surface area contributed by atoms with Crippen molar-refractivity contribution in [1.82, 2.24) is 4.90 Å². The van der Waals surface area contributed by atoms with Crippen molar-refractivity contribution in [2.24, 2.45) is 5.73 Å². The third-order valence-electron chi connectivity index (χ3n) is 2.10. The van der Waals surface area contributed by atoms with Crippen molar-refractivity contribution in [3.63, 3.8) is 0 Å². The number of primary amides is 1.